The zero-order valence-corrected chi connectivity index (χ0v) is 11.3. The van der Waals surface area contributed by atoms with E-state index in [1.807, 2.05) is 0 Å². The fourth-order valence-corrected chi connectivity index (χ4v) is 2.83. The molecule has 3 N–H and O–H groups in total. The molecule has 1 fully saturated rings. The molecule has 1 aromatic rings. The number of carbonyl (C=O) groups excluding carboxylic acids is 1. The number of carbonyl (C=O) groups is 2. The van der Waals surface area contributed by atoms with Crippen LogP contribution < -0.4 is 10.6 Å². The van der Waals surface area contributed by atoms with Gasteiger partial charge >= 0.3 is 5.97 Å². The number of nitrogens with zero attached hydrogens (tertiary/aromatic N) is 1. The maximum Gasteiger partial charge on any atom is 0.306 e. The van der Waals surface area contributed by atoms with Gasteiger partial charge in [0.05, 0.1) is 12.5 Å². The quantitative estimate of drug-likeness (QED) is 0.758. The van der Waals surface area contributed by atoms with Gasteiger partial charge < -0.3 is 15.7 Å². The van der Waals surface area contributed by atoms with Crippen LogP contribution in [0.25, 0.3) is 0 Å². The predicted molar refractivity (Wildman–Crippen MR) is 72.1 cm³/mol. The first-order valence-electron chi connectivity index (χ1n) is 6.30. The molecule has 1 heterocycles. The molecular formula is C12H17N3O3S. The molecule has 1 aliphatic rings. The van der Waals surface area contributed by atoms with E-state index in [9.17, 15) is 9.59 Å². The highest BCUT2D eigenvalue weighted by molar-refractivity contribution is 7.13. The molecule has 2 rings (SSSR count). The average Bonchev–Trinajstić information content (AvgIpc) is 2.89. The Labute approximate surface area is 115 Å². The largest absolute Gasteiger partial charge is 0.481 e. The van der Waals surface area contributed by atoms with Crippen molar-refractivity contribution < 1.29 is 14.7 Å². The number of thiazole rings is 1. The zero-order valence-electron chi connectivity index (χ0n) is 10.5. The summed E-state index contributed by atoms with van der Waals surface area (Å²) in [6.45, 7) is 0.191. The number of rotatable bonds is 5. The molecular weight excluding hydrogens is 266 g/mol. The third kappa shape index (κ3) is 4.29. The van der Waals surface area contributed by atoms with Crippen molar-refractivity contribution in [3.05, 3.63) is 11.6 Å². The van der Waals surface area contributed by atoms with E-state index >= 15 is 0 Å². The number of nitrogens with one attached hydrogen (secondary N) is 2. The minimum atomic E-state index is -0.737. The number of aromatic nitrogens is 1. The Balaban J connectivity index is 1.72. The minimum absolute atomic E-state index is 0.108. The third-order valence-electron chi connectivity index (χ3n) is 3.25. The molecule has 0 saturated heterocycles. The summed E-state index contributed by atoms with van der Waals surface area (Å²) >= 11 is 1.37. The highest BCUT2D eigenvalue weighted by Crippen LogP contribution is 2.24. The molecule has 104 valence electrons. The Kier molecular flexibility index (Phi) is 4.86. The van der Waals surface area contributed by atoms with E-state index < -0.39 is 5.97 Å². The Hall–Kier alpha value is -1.47. The molecule has 0 aliphatic heterocycles. The van der Waals surface area contributed by atoms with E-state index in [0.29, 0.717) is 11.6 Å². The van der Waals surface area contributed by atoms with Crippen LogP contribution in [0.1, 0.15) is 25.7 Å². The standard InChI is InChI=1S/C12H17N3O3S/c16-10(15-12-13-4-5-19-12)7-14-9-3-1-2-8(6-9)11(17)18/h4-5,8-9,14H,1-3,6-7H2,(H,17,18)(H,13,15,16). The number of hydrogen-bond acceptors (Lipinski definition) is 5. The topological polar surface area (TPSA) is 91.3 Å². The van der Waals surface area contributed by atoms with Gasteiger partial charge in [-0.2, -0.15) is 0 Å². The first kappa shape index (κ1) is 14.0. The van der Waals surface area contributed by atoms with Crippen LogP contribution in [-0.4, -0.2) is 34.6 Å². The van der Waals surface area contributed by atoms with Gasteiger partial charge in [-0.25, -0.2) is 4.98 Å². The van der Waals surface area contributed by atoms with Gasteiger partial charge in [-0.1, -0.05) is 6.42 Å². The highest BCUT2D eigenvalue weighted by Gasteiger charge is 2.26. The fourth-order valence-electron chi connectivity index (χ4n) is 2.29. The molecule has 0 bridgehead atoms. The smallest absolute Gasteiger partial charge is 0.306 e. The monoisotopic (exact) mass is 283 g/mol. The van der Waals surface area contributed by atoms with Crippen LogP contribution in [0, 0.1) is 5.92 Å². The summed E-state index contributed by atoms with van der Waals surface area (Å²) in [6, 6.07) is 0.108. The van der Waals surface area contributed by atoms with Gasteiger partial charge in [-0.15, -0.1) is 11.3 Å². The molecule has 2 unspecified atom stereocenters. The lowest BCUT2D eigenvalue weighted by Gasteiger charge is -2.27. The number of carboxylic acids is 1. The number of carboxylic acid groups (broad SMARTS) is 1. The Bertz CT molecular complexity index is 435. The summed E-state index contributed by atoms with van der Waals surface area (Å²) in [7, 11) is 0. The molecule has 0 spiro atoms. The van der Waals surface area contributed by atoms with Gasteiger partial charge in [-0.05, 0) is 19.3 Å². The van der Waals surface area contributed by atoms with Crippen molar-refractivity contribution >= 4 is 28.3 Å². The van der Waals surface area contributed by atoms with Gasteiger partial charge in [0.2, 0.25) is 5.91 Å². The summed E-state index contributed by atoms with van der Waals surface area (Å²) in [6.07, 6.45) is 4.78. The van der Waals surface area contributed by atoms with Crippen molar-refractivity contribution in [3.63, 3.8) is 0 Å². The fraction of sp³-hybridized carbons (Fsp3) is 0.583. The third-order valence-corrected chi connectivity index (χ3v) is 3.94. The van der Waals surface area contributed by atoms with Gasteiger partial charge in [0.15, 0.2) is 5.13 Å². The molecule has 0 aromatic carbocycles. The van der Waals surface area contributed by atoms with E-state index in [2.05, 4.69) is 15.6 Å². The van der Waals surface area contributed by atoms with Crippen molar-refractivity contribution in [2.24, 2.45) is 5.92 Å². The molecule has 2 atom stereocenters. The van der Waals surface area contributed by atoms with E-state index in [1.54, 1.807) is 11.6 Å². The summed E-state index contributed by atoms with van der Waals surface area (Å²) < 4.78 is 0. The van der Waals surface area contributed by atoms with Crippen LogP contribution in [0.4, 0.5) is 5.13 Å². The Morgan fingerprint density at radius 1 is 1.47 bits per heavy atom. The van der Waals surface area contributed by atoms with E-state index in [-0.39, 0.29) is 24.4 Å². The van der Waals surface area contributed by atoms with Crippen LogP contribution >= 0.6 is 11.3 Å². The summed E-state index contributed by atoms with van der Waals surface area (Å²) in [4.78, 5) is 26.5. The number of hydrogen-bond donors (Lipinski definition) is 3. The van der Waals surface area contributed by atoms with E-state index in [0.717, 1.165) is 19.3 Å². The lowest BCUT2D eigenvalue weighted by Crippen LogP contribution is -2.40. The molecule has 1 aliphatic carbocycles. The SMILES string of the molecule is O=C(CNC1CCCC(C(=O)O)C1)Nc1nccs1. The van der Waals surface area contributed by atoms with Crippen molar-refractivity contribution in [2.45, 2.75) is 31.7 Å². The van der Waals surface area contributed by atoms with Gasteiger partial charge in [-0.3, -0.25) is 9.59 Å². The van der Waals surface area contributed by atoms with Crippen LogP contribution in [-0.2, 0) is 9.59 Å². The summed E-state index contributed by atoms with van der Waals surface area (Å²) in [5.74, 6) is -1.17. The van der Waals surface area contributed by atoms with Crippen molar-refractivity contribution in [2.75, 3.05) is 11.9 Å². The maximum atomic E-state index is 11.6. The maximum absolute atomic E-state index is 11.6. The number of aliphatic carboxylic acids is 1. The van der Waals surface area contributed by atoms with Crippen LogP contribution in [0.5, 0.6) is 0 Å². The van der Waals surface area contributed by atoms with Crippen molar-refractivity contribution in [1.82, 2.24) is 10.3 Å². The molecule has 6 nitrogen and oxygen atoms in total. The van der Waals surface area contributed by atoms with Gasteiger partial charge in [0, 0.05) is 17.6 Å². The van der Waals surface area contributed by atoms with Gasteiger partial charge in [0.25, 0.3) is 0 Å². The second-order valence-corrected chi connectivity index (χ2v) is 5.56. The van der Waals surface area contributed by atoms with Crippen LogP contribution in [0.2, 0.25) is 0 Å². The summed E-state index contributed by atoms with van der Waals surface area (Å²) in [5, 5.41) is 17.2. The Morgan fingerprint density at radius 3 is 3.00 bits per heavy atom. The van der Waals surface area contributed by atoms with Crippen LogP contribution in [0.3, 0.4) is 0 Å². The lowest BCUT2D eigenvalue weighted by molar-refractivity contribution is -0.143. The second kappa shape index (κ2) is 6.63. The molecule has 1 aromatic heterocycles. The molecule has 0 radical (unpaired) electrons. The second-order valence-electron chi connectivity index (χ2n) is 4.67. The number of amides is 1. The summed E-state index contributed by atoms with van der Waals surface area (Å²) in [5.41, 5.74) is 0. The van der Waals surface area contributed by atoms with E-state index in [1.165, 1.54) is 11.3 Å². The lowest BCUT2D eigenvalue weighted by atomic mass is 9.86. The Morgan fingerprint density at radius 2 is 2.32 bits per heavy atom. The zero-order chi connectivity index (χ0) is 13.7. The number of anilines is 1. The molecule has 19 heavy (non-hydrogen) atoms. The van der Waals surface area contributed by atoms with Gasteiger partial charge in [0.1, 0.15) is 0 Å². The molecule has 1 amide bonds. The minimum Gasteiger partial charge on any atom is -0.481 e. The molecule has 7 heteroatoms. The first-order valence-corrected chi connectivity index (χ1v) is 7.18. The molecule has 1 saturated carbocycles. The highest BCUT2D eigenvalue weighted by atomic mass is 32.1. The normalized spacial score (nSPS) is 22.9. The predicted octanol–water partition coefficient (Wildman–Crippen LogP) is 1.31. The van der Waals surface area contributed by atoms with E-state index in [4.69, 9.17) is 5.11 Å². The first-order chi connectivity index (χ1) is 9.15. The van der Waals surface area contributed by atoms with Crippen molar-refractivity contribution in [3.8, 4) is 0 Å². The van der Waals surface area contributed by atoms with Crippen molar-refractivity contribution in [1.29, 1.82) is 0 Å². The van der Waals surface area contributed by atoms with Crippen LogP contribution in [0.15, 0.2) is 11.6 Å². The average molecular weight is 283 g/mol.